The van der Waals surface area contributed by atoms with Gasteiger partial charge in [0.1, 0.15) is 6.04 Å². The fraction of sp³-hybridized carbons (Fsp3) is 0.786. The van der Waals surface area contributed by atoms with Crippen LogP contribution in [-0.2, 0) is 19.1 Å². The molecule has 3 unspecified atom stereocenters. The van der Waals surface area contributed by atoms with Crippen LogP contribution in [-0.4, -0.2) is 60.1 Å². The first kappa shape index (κ1) is 15.8. The van der Waals surface area contributed by atoms with Gasteiger partial charge in [-0.3, -0.25) is 14.4 Å². The minimum absolute atomic E-state index is 0.156. The molecule has 1 saturated heterocycles. The Morgan fingerprint density at radius 2 is 1.81 bits per heavy atom. The van der Waals surface area contributed by atoms with E-state index < -0.39 is 29.3 Å². The monoisotopic (exact) mass is 298 g/mol. The van der Waals surface area contributed by atoms with Crippen LogP contribution in [0.5, 0.6) is 0 Å². The number of carbonyl (C=O) groups excluding carboxylic acids is 2. The van der Waals surface area contributed by atoms with E-state index in [2.05, 4.69) is 5.32 Å². The van der Waals surface area contributed by atoms with E-state index in [1.54, 1.807) is 25.7 Å². The average molecular weight is 298 g/mol. The number of hydrogen-bond donors (Lipinski definition) is 2. The minimum Gasteiger partial charge on any atom is -0.481 e. The zero-order valence-electron chi connectivity index (χ0n) is 12.6. The van der Waals surface area contributed by atoms with Gasteiger partial charge in [-0.1, -0.05) is 13.8 Å². The number of nitrogens with one attached hydrogen (secondary N) is 1. The predicted molar refractivity (Wildman–Crippen MR) is 73.4 cm³/mol. The predicted octanol–water partition coefficient (Wildman–Crippen LogP) is -0.293. The first-order chi connectivity index (χ1) is 9.76. The molecule has 0 radical (unpaired) electrons. The molecular weight excluding hydrogens is 276 g/mol. The first-order valence-electron chi connectivity index (χ1n) is 7.16. The van der Waals surface area contributed by atoms with Crippen LogP contribution in [0.3, 0.4) is 0 Å². The van der Waals surface area contributed by atoms with Gasteiger partial charge in [-0.2, -0.15) is 0 Å². The molecule has 1 aliphatic heterocycles. The Morgan fingerprint density at radius 3 is 2.29 bits per heavy atom. The van der Waals surface area contributed by atoms with Gasteiger partial charge in [0.15, 0.2) is 0 Å². The molecule has 21 heavy (non-hydrogen) atoms. The van der Waals surface area contributed by atoms with Gasteiger partial charge in [-0.15, -0.1) is 0 Å². The molecule has 0 spiro atoms. The molecule has 0 aromatic carbocycles. The standard InChI is InChI=1S/C14H22N2O5/c1-8(12(18)16-4-6-21-7-5-16)15-11(17)9-10(13(19)20)14(9,2)3/h8-10H,4-7H2,1-3H3,(H,15,17)(H,19,20). The number of carboxylic acid groups (broad SMARTS) is 1. The number of rotatable bonds is 4. The third kappa shape index (κ3) is 3.02. The lowest BCUT2D eigenvalue weighted by molar-refractivity contribution is -0.141. The van der Waals surface area contributed by atoms with E-state index in [4.69, 9.17) is 9.84 Å². The number of nitrogens with zero attached hydrogens (tertiary/aromatic N) is 1. The van der Waals surface area contributed by atoms with E-state index in [0.29, 0.717) is 26.3 Å². The van der Waals surface area contributed by atoms with E-state index in [1.165, 1.54) is 0 Å². The van der Waals surface area contributed by atoms with Gasteiger partial charge >= 0.3 is 5.97 Å². The van der Waals surface area contributed by atoms with Crippen molar-refractivity contribution in [2.75, 3.05) is 26.3 Å². The van der Waals surface area contributed by atoms with Crippen molar-refractivity contribution in [3.8, 4) is 0 Å². The Balaban J connectivity index is 1.91. The fourth-order valence-corrected chi connectivity index (χ4v) is 3.01. The summed E-state index contributed by atoms with van der Waals surface area (Å²) in [5, 5.41) is 11.7. The maximum atomic E-state index is 12.2. The summed E-state index contributed by atoms with van der Waals surface area (Å²) in [6.07, 6.45) is 0. The fourth-order valence-electron chi connectivity index (χ4n) is 3.01. The molecule has 2 rings (SSSR count). The van der Waals surface area contributed by atoms with Crippen LogP contribution >= 0.6 is 0 Å². The Morgan fingerprint density at radius 1 is 1.24 bits per heavy atom. The maximum Gasteiger partial charge on any atom is 0.307 e. The lowest BCUT2D eigenvalue weighted by Gasteiger charge is -2.29. The highest BCUT2D eigenvalue weighted by molar-refractivity contribution is 5.94. The van der Waals surface area contributed by atoms with Gasteiger partial charge in [0.2, 0.25) is 11.8 Å². The highest BCUT2D eigenvalue weighted by atomic mass is 16.5. The highest BCUT2D eigenvalue weighted by Crippen LogP contribution is 2.58. The van der Waals surface area contributed by atoms with Crippen LogP contribution in [0.1, 0.15) is 20.8 Å². The summed E-state index contributed by atoms with van der Waals surface area (Å²) in [4.78, 5) is 37.1. The number of aliphatic carboxylic acids is 1. The van der Waals surface area contributed by atoms with Crippen molar-refractivity contribution in [2.45, 2.75) is 26.8 Å². The van der Waals surface area contributed by atoms with Gasteiger partial charge in [0, 0.05) is 13.1 Å². The molecule has 2 aliphatic rings. The number of amides is 2. The molecule has 2 fully saturated rings. The van der Waals surface area contributed by atoms with Crippen molar-refractivity contribution in [1.82, 2.24) is 10.2 Å². The van der Waals surface area contributed by atoms with Crippen molar-refractivity contribution in [3.05, 3.63) is 0 Å². The third-order valence-electron chi connectivity index (χ3n) is 4.43. The average Bonchev–Trinajstić information content (AvgIpc) is 3.02. The summed E-state index contributed by atoms with van der Waals surface area (Å²) in [5.41, 5.74) is -0.558. The van der Waals surface area contributed by atoms with Crippen molar-refractivity contribution >= 4 is 17.8 Å². The Labute approximate surface area is 123 Å². The lowest BCUT2D eigenvalue weighted by Crippen LogP contribution is -2.51. The molecule has 2 amide bonds. The van der Waals surface area contributed by atoms with Crippen LogP contribution in [0.2, 0.25) is 0 Å². The molecule has 0 aromatic rings. The Kier molecular flexibility index (Phi) is 4.22. The first-order valence-corrected chi connectivity index (χ1v) is 7.16. The highest BCUT2D eigenvalue weighted by Gasteiger charge is 2.66. The largest absolute Gasteiger partial charge is 0.481 e. The Bertz CT molecular complexity index is 456. The zero-order chi connectivity index (χ0) is 15.8. The molecule has 2 N–H and O–H groups in total. The second-order valence-corrected chi connectivity index (χ2v) is 6.28. The van der Waals surface area contributed by atoms with E-state index in [-0.39, 0.29) is 11.8 Å². The lowest BCUT2D eigenvalue weighted by atomic mass is 10.1. The molecule has 118 valence electrons. The van der Waals surface area contributed by atoms with Crippen LogP contribution < -0.4 is 5.32 Å². The Hall–Kier alpha value is -1.63. The molecule has 7 nitrogen and oxygen atoms in total. The molecule has 3 atom stereocenters. The van der Waals surface area contributed by atoms with Crippen LogP contribution in [0.4, 0.5) is 0 Å². The van der Waals surface area contributed by atoms with Crippen LogP contribution in [0, 0.1) is 17.3 Å². The second kappa shape index (κ2) is 5.63. The van der Waals surface area contributed by atoms with Crippen molar-refractivity contribution in [1.29, 1.82) is 0 Å². The van der Waals surface area contributed by atoms with E-state index >= 15 is 0 Å². The van der Waals surface area contributed by atoms with Crippen molar-refractivity contribution in [3.63, 3.8) is 0 Å². The third-order valence-corrected chi connectivity index (χ3v) is 4.43. The van der Waals surface area contributed by atoms with Gasteiger partial charge in [0.25, 0.3) is 0 Å². The quantitative estimate of drug-likeness (QED) is 0.743. The number of ether oxygens (including phenoxy) is 1. The molecule has 1 saturated carbocycles. The molecule has 1 heterocycles. The minimum atomic E-state index is -0.965. The topological polar surface area (TPSA) is 95.9 Å². The number of carbonyl (C=O) groups is 3. The van der Waals surface area contributed by atoms with Crippen molar-refractivity contribution < 1.29 is 24.2 Å². The van der Waals surface area contributed by atoms with E-state index in [9.17, 15) is 14.4 Å². The molecule has 0 aromatic heterocycles. The summed E-state index contributed by atoms with van der Waals surface area (Å²) in [6.45, 7) is 7.18. The number of carboxylic acids is 1. The molecule has 0 bridgehead atoms. The van der Waals surface area contributed by atoms with E-state index in [0.717, 1.165) is 0 Å². The summed E-state index contributed by atoms with van der Waals surface area (Å²) in [7, 11) is 0. The van der Waals surface area contributed by atoms with Crippen LogP contribution in [0.25, 0.3) is 0 Å². The maximum absolute atomic E-state index is 12.2. The molecular formula is C14H22N2O5. The molecule has 1 aliphatic carbocycles. The summed E-state index contributed by atoms with van der Waals surface area (Å²) < 4.78 is 5.18. The van der Waals surface area contributed by atoms with Gasteiger partial charge in [-0.05, 0) is 12.3 Å². The number of hydrogen-bond acceptors (Lipinski definition) is 4. The van der Waals surface area contributed by atoms with Gasteiger partial charge < -0.3 is 20.1 Å². The zero-order valence-corrected chi connectivity index (χ0v) is 12.6. The smallest absolute Gasteiger partial charge is 0.307 e. The summed E-state index contributed by atoms with van der Waals surface area (Å²) in [5.74, 6) is -2.73. The second-order valence-electron chi connectivity index (χ2n) is 6.28. The number of morpholine rings is 1. The normalized spacial score (nSPS) is 28.6. The van der Waals surface area contributed by atoms with Crippen molar-refractivity contribution in [2.24, 2.45) is 17.3 Å². The summed E-state index contributed by atoms with van der Waals surface area (Å²) >= 11 is 0. The van der Waals surface area contributed by atoms with Gasteiger partial charge in [-0.25, -0.2) is 0 Å². The van der Waals surface area contributed by atoms with Crippen LogP contribution in [0.15, 0.2) is 0 Å². The van der Waals surface area contributed by atoms with E-state index in [1.807, 2.05) is 0 Å². The van der Waals surface area contributed by atoms with Gasteiger partial charge in [0.05, 0.1) is 25.0 Å². The molecule has 7 heteroatoms. The summed E-state index contributed by atoms with van der Waals surface area (Å²) in [6, 6.07) is -0.651. The SMILES string of the molecule is CC(NC(=O)C1C(C(=O)O)C1(C)C)C(=O)N1CCOCC1.